The van der Waals surface area contributed by atoms with E-state index < -0.39 is 0 Å². The van der Waals surface area contributed by atoms with Crippen LogP contribution in [0.1, 0.15) is 12.0 Å². The van der Waals surface area contributed by atoms with Gasteiger partial charge in [0.25, 0.3) is 0 Å². The summed E-state index contributed by atoms with van der Waals surface area (Å²) in [6.45, 7) is 0.319. The number of Topliss-reactive ketones (excluding diaryl/α,β-unsaturated/α-hetero) is 1. The second-order valence-electron chi connectivity index (χ2n) is 3.29. The van der Waals surface area contributed by atoms with Crippen LogP contribution in [0.5, 0.6) is 0 Å². The lowest BCUT2D eigenvalue weighted by Crippen LogP contribution is -2.40. The van der Waals surface area contributed by atoms with Crippen molar-refractivity contribution in [2.45, 2.75) is 18.9 Å². The van der Waals surface area contributed by atoms with Crippen molar-refractivity contribution in [1.29, 1.82) is 0 Å². The highest BCUT2D eigenvalue weighted by atomic mass is 16.5. The van der Waals surface area contributed by atoms with Crippen LogP contribution in [0.4, 0.5) is 0 Å². The predicted molar refractivity (Wildman–Crippen MR) is 49.5 cm³/mol. The monoisotopic (exact) mass is 176 g/mol. The van der Waals surface area contributed by atoms with E-state index in [1.807, 2.05) is 18.2 Å². The summed E-state index contributed by atoms with van der Waals surface area (Å²) < 4.78 is 5.12. The zero-order chi connectivity index (χ0) is 9.10. The summed E-state index contributed by atoms with van der Waals surface area (Å²) in [5.41, 5.74) is 1.27. The molecule has 0 amide bonds. The van der Waals surface area contributed by atoms with Crippen molar-refractivity contribution < 1.29 is 9.53 Å². The van der Waals surface area contributed by atoms with Crippen molar-refractivity contribution in [3.63, 3.8) is 0 Å². The van der Waals surface area contributed by atoms with Crippen molar-refractivity contribution in [3.8, 4) is 0 Å². The number of hydrogen-bond donors (Lipinski definition) is 0. The molecule has 0 radical (unpaired) electrons. The topological polar surface area (TPSA) is 26.3 Å². The van der Waals surface area contributed by atoms with Gasteiger partial charge in [0, 0.05) is 0 Å². The zero-order valence-corrected chi connectivity index (χ0v) is 7.40. The fourth-order valence-corrected chi connectivity index (χ4v) is 1.46. The van der Waals surface area contributed by atoms with Crippen molar-refractivity contribution in [1.82, 2.24) is 0 Å². The third-order valence-electron chi connectivity index (χ3n) is 2.32. The summed E-state index contributed by atoms with van der Waals surface area (Å²) in [4.78, 5) is 10.9. The average Bonchev–Trinajstić information content (AvgIpc) is 2.17. The minimum Gasteiger partial charge on any atom is -0.362 e. The third kappa shape index (κ3) is 1.95. The largest absolute Gasteiger partial charge is 0.362 e. The lowest BCUT2D eigenvalue weighted by molar-refractivity contribution is -0.154. The van der Waals surface area contributed by atoms with Gasteiger partial charge in [-0.1, -0.05) is 30.3 Å². The first-order chi connectivity index (χ1) is 6.36. The summed E-state index contributed by atoms with van der Waals surface area (Å²) in [6.07, 6.45) is 1.63. The molecule has 0 N–H and O–H groups in total. The number of ether oxygens (including phenoxy) is 1. The number of carbonyl (C=O) groups is 1. The Morgan fingerprint density at radius 3 is 2.62 bits per heavy atom. The fraction of sp³-hybridized carbons (Fsp3) is 0.364. The fourth-order valence-electron chi connectivity index (χ4n) is 1.46. The van der Waals surface area contributed by atoms with E-state index in [0.717, 1.165) is 12.8 Å². The van der Waals surface area contributed by atoms with Gasteiger partial charge < -0.3 is 4.74 Å². The van der Waals surface area contributed by atoms with Crippen molar-refractivity contribution in [2.75, 3.05) is 6.61 Å². The van der Waals surface area contributed by atoms with E-state index in [1.54, 1.807) is 0 Å². The van der Waals surface area contributed by atoms with Crippen LogP contribution < -0.4 is 0 Å². The van der Waals surface area contributed by atoms with Crippen LogP contribution >= 0.6 is 0 Å². The van der Waals surface area contributed by atoms with Gasteiger partial charge in [0.2, 0.25) is 0 Å². The van der Waals surface area contributed by atoms with Crippen LogP contribution in [0.25, 0.3) is 0 Å². The molecule has 1 aliphatic heterocycles. The Morgan fingerprint density at radius 1 is 1.31 bits per heavy atom. The molecule has 2 rings (SSSR count). The molecule has 1 aromatic rings. The molecule has 0 aromatic heterocycles. The van der Waals surface area contributed by atoms with Gasteiger partial charge in [0.05, 0.1) is 0 Å². The van der Waals surface area contributed by atoms with Crippen LogP contribution in [0.15, 0.2) is 30.3 Å². The smallest absolute Gasteiger partial charge is 0.187 e. The highest BCUT2D eigenvalue weighted by Gasteiger charge is 2.28. The van der Waals surface area contributed by atoms with Gasteiger partial charge >= 0.3 is 0 Å². The summed E-state index contributed by atoms with van der Waals surface area (Å²) in [6, 6.07) is 10.2. The molecule has 0 saturated carbocycles. The molecule has 2 nitrogen and oxygen atoms in total. The van der Waals surface area contributed by atoms with Crippen molar-refractivity contribution in [3.05, 3.63) is 35.9 Å². The van der Waals surface area contributed by atoms with Gasteiger partial charge in [0.15, 0.2) is 5.78 Å². The van der Waals surface area contributed by atoms with Crippen molar-refractivity contribution >= 4 is 5.78 Å². The molecular weight excluding hydrogens is 164 g/mol. The molecule has 1 atom stereocenters. The van der Waals surface area contributed by atoms with Gasteiger partial charge in [-0.25, -0.2) is 0 Å². The summed E-state index contributed by atoms with van der Waals surface area (Å²) >= 11 is 0. The lowest BCUT2D eigenvalue weighted by atomic mass is 10.0. The molecule has 1 aliphatic rings. The number of carbonyl (C=O) groups excluding carboxylic acids is 1. The maximum absolute atomic E-state index is 10.9. The van der Waals surface area contributed by atoms with Crippen molar-refractivity contribution in [2.24, 2.45) is 0 Å². The number of aryl methyl sites for hydroxylation is 1. The molecule has 0 aliphatic carbocycles. The normalized spacial score (nSPS) is 21.2. The van der Waals surface area contributed by atoms with Gasteiger partial charge in [-0.15, -0.1) is 0 Å². The van der Waals surface area contributed by atoms with E-state index in [0.29, 0.717) is 6.61 Å². The van der Waals surface area contributed by atoms with E-state index >= 15 is 0 Å². The molecule has 0 bridgehead atoms. The Balaban J connectivity index is 1.83. The summed E-state index contributed by atoms with van der Waals surface area (Å²) in [5, 5.41) is 0. The molecule has 0 spiro atoms. The second-order valence-corrected chi connectivity index (χ2v) is 3.29. The number of hydrogen-bond acceptors (Lipinski definition) is 2. The van der Waals surface area contributed by atoms with Crippen LogP contribution in [-0.4, -0.2) is 18.5 Å². The quantitative estimate of drug-likeness (QED) is 0.699. The first kappa shape index (κ1) is 8.45. The van der Waals surface area contributed by atoms with Crippen LogP contribution in [0, 0.1) is 0 Å². The number of rotatable bonds is 3. The Kier molecular flexibility index (Phi) is 2.41. The van der Waals surface area contributed by atoms with Gasteiger partial charge in [-0.2, -0.15) is 0 Å². The molecule has 1 aromatic carbocycles. The third-order valence-corrected chi connectivity index (χ3v) is 2.32. The predicted octanol–water partition coefficient (Wildman–Crippen LogP) is 1.59. The van der Waals surface area contributed by atoms with Gasteiger partial charge in [0.1, 0.15) is 12.7 Å². The van der Waals surface area contributed by atoms with Crippen LogP contribution in [0.2, 0.25) is 0 Å². The highest BCUT2D eigenvalue weighted by Crippen LogP contribution is 2.14. The maximum Gasteiger partial charge on any atom is 0.187 e. The molecule has 1 unspecified atom stereocenters. The van der Waals surface area contributed by atoms with Crippen LogP contribution in [-0.2, 0) is 16.0 Å². The first-order valence-electron chi connectivity index (χ1n) is 4.54. The standard InChI is InChI=1S/C11H12O2/c12-10-8-13-11(10)7-6-9-4-2-1-3-5-9/h1-5,11H,6-8H2. The summed E-state index contributed by atoms with van der Waals surface area (Å²) in [7, 11) is 0. The molecular formula is C11H12O2. The Labute approximate surface area is 77.5 Å². The molecule has 1 fully saturated rings. The molecule has 13 heavy (non-hydrogen) atoms. The van der Waals surface area contributed by atoms with E-state index in [2.05, 4.69) is 12.1 Å². The SMILES string of the molecule is O=C1COC1CCc1ccccc1. The molecule has 1 heterocycles. The highest BCUT2D eigenvalue weighted by molar-refractivity contribution is 5.88. The minimum absolute atomic E-state index is 0.125. The van der Waals surface area contributed by atoms with E-state index in [9.17, 15) is 4.79 Å². The zero-order valence-electron chi connectivity index (χ0n) is 7.40. The Morgan fingerprint density at radius 2 is 2.08 bits per heavy atom. The van der Waals surface area contributed by atoms with E-state index in [-0.39, 0.29) is 11.9 Å². The van der Waals surface area contributed by atoms with Gasteiger partial charge in [-0.3, -0.25) is 4.79 Å². The molecule has 1 saturated heterocycles. The van der Waals surface area contributed by atoms with Gasteiger partial charge in [-0.05, 0) is 18.4 Å². The summed E-state index contributed by atoms with van der Waals surface area (Å²) in [5.74, 6) is 0.246. The number of benzene rings is 1. The Hall–Kier alpha value is -1.15. The maximum atomic E-state index is 10.9. The van der Waals surface area contributed by atoms with E-state index in [1.165, 1.54) is 5.56 Å². The average molecular weight is 176 g/mol. The Bertz CT molecular complexity index is 292. The van der Waals surface area contributed by atoms with E-state index in [4.69, 9.17) is 4.74 Å². The molecule has 68 valence electrons. The minimum atomic E-state index is -0.125. The second kappa shape index (κ2) is 3.71. The lowest BCUT2D eigenvalue weighted by Gasteiger charge is -2.24. The van der Waals surface area contributed by atoms with Crippen LogP contribution in [0.3, 0.4) is 0 Å². The molecule has 2 heteroatoms. The number of ketones is 1. The first-order valence-corrected chi connectivity index (χ1v) is 4.54.